The van der Waals surface area contributed by atoms with Crippen LogP contribution in [0.5, 0.6) is 5.75 Å². The topological polar surface area (TPSA) is 124 Å². The van der Waals surface area contributed by atoms with Gasteiger partial charge in [0.15, 0.2) is 12.7 Å². The molecule has 152 valence electrons. The minimum Gasteiger partial charge on any atom is -0.478 e. The number of amides is 1. The van der Waals surface area contributed by atoms with E-state index in [0.29, 0.717) is 22.7 Å². The summed E-state index contributed by atoms with van der Waals surface area (Å²) in [5, 5.41) is 2.65. The van der Waals surface area contributed by atoms with Gasteiger partial charge in [0.25, 0.3) is 5.91 Å². The summed E-state index contributed by atoms with van der Waals surface area (Å²) >= 11 is 0. The summed E-state index contributed by atoms with van der Waals surface area (Å²) in [4.78, 5) is 51.2. The van der Waals surface area contributed by atoms with Crippen molar-refractivity contribution < 1.29 is 33.4 Å². The van der Waals surface area contributed by atoms with Gasteiger partial charge in [-0.3, -0.25) is 14.4 Å². The zero-order valence-electron chi connectivity index (χ0n) is 16.2. The number of hydrogen-bond donors (Lipinski definition) is 2. The van der Waals surface area contributed by atoms with Crippen LogP contribution in [0.3, 0.4) is 0 Å². The number of ketones is 1. The van der Waals surface area contributed by atoms with Crippen LogP contribution in [-0.4, -0.2) is 48.4 Å². The molecule has 1 aliphatic heterocycles. The van der Waals surface area contributed by atoms with E-state index in [9.17, 15) is 19.2 Å². The molecule has 9 heteroatoms. The van der Waals surface area contributed by atoms with Gasteiger partial charge in [-0.1, -0.05) is 12.1 Å². The number of methoxy groups -OCH3 is 1. The number of aromatic amines is 1. The number of nitrogens with one attached hydrogen (secondary N) is 2. The van der Waals surface area contributed by atoms with Gasteiger partial charge < -0.3 is 24.5 Å². The van der Waals surface area contributed by atoms with E-state index in [-0.39, 0.29) is 17.7 Å². The molecular weight excluding hydrogens is 380 g/mol. The fourth-order valence-electron chi connectivity index (χ4n) is 3.09. The predicted octanol–water partition coefficient (Wildman–Crippen LogP) is 1.93. The molecule has 3 rings (SSSR count). The Bertz CT molecular complexity index is 993. The Morgan fingerprint density at radius 1 is 1.17 bits per heavy atom. The smallest absolute Gasteiger partial charge is 0.339 e. The van der Waals surface area contributed by atoms with Crippen LogP contribution in [0, 0.1) is 13.8 Å². The molecular formula is C20H20N2O7. The second kappa shape index (κ2) is 8.17. The van der Waals surface area contributed by atoms with Crippen LogP contribution in [0.2, 0.25) is 0 Å². The van der Waals surface area contributed by atoms with Gasteiger partial charge in [0.2, 0.25) is 5.78 Å². The van der Waals surface area contributed by atoms with Crippen molar-refractivity contribution in [1.29, 1.82) is 0 Å². The van der Waals surface area contributed by atoms with Crippen LogP contribution >= 0.6 is 0 Å². The summed E-state index contributed by atoms with van der Waals surface area (Å²) in [7, 11) is 1.25. The zero-order chi connectivity index (χ0) is 21.1. The highest BCUT2D eigenvalue weighted by Gasteiger charge is 2.30. The molecule has 0 aliphatic carbocycles. The second-order valence-electron chi connectivity index (χ2n) is 6.50. The van der Waals surface area contributed by atoms with Gasteiger partial charge in [0.1, 0.15) is 5.75 Å². The molecule has 1 atom stereocenters. The molecule has 0 unspecified atom stereocenters. The molecule has 0 spiro atoms. The van der Waals surface area contributed by atoms with Crippen molar-refractivity contribution in [3.05, 3.63) is 46.8 Å². The van der Waals surface area contributed by atoms with Gasteiger partial charge in [-0.05, 0) is 31.5 Å². The number of ether oxygens (including phenoxy) is 3. The minimum absolute atomic E-state index is 0.163. The van der Waals surface area contributed by atoms with Gasteiger partial charge in [-0.25, -0.2) is 4.79 Å². The second-order valence-corrected chi connectivity index (χ2v) is 6.50. The molecule has 2 N–H and O–H groups in total. The number of anilines is 1. The lowest BCUT2D eigenvalue weighted by Crippen LogP contribution is -2.39. The lowest BCUT2D eigenvalue weighted by atomic mass is 10.1. The van der Waals surface area contributed by atoms with Crippen molar-refractivity contribution >= 4 is 29.3 Å². The van der Waals surface area contributed by atoms with Gasteiger partial charge >= 0.3 is 11.9 Å². The first-order valence-corrected chi connectivity index (χ1v) is 8.84. The van der Waals surface area contributed by atoms with Crippen molar-refractivity contribution in [2.75, 3.05) is 19.0 Å². The summed E-state index contributed by atoms with van der Waals surface area (Å²) < 4.78 is 15.2. The molecule has 29 heavy (non-hydrogen) atoms. The Kier molecular flexibility index (Phi) is 5.67. The Hall–Kier alpha value is -3.62. The van der Waals surface area contributed by atoms with Crippen LogP contribution < -0.4 is 10.1 Å². The number of Topliss-reactive ketones (excluding diaryl/α,β-unsaturated/α-hetero) is 1. The number of aromatic nitrogens is 1. The Balaban J connectivity index is 1.59. The molecule has 0 saturated carbocycles. The number of rotatable bonds is 6. The summed E-state index contributed by atoms with van der Waals surface area (Å²) in [6, 6.07) is 6.85. The van der Waals surface area contributed by atoms with Crippen molar-refractivity contribution in [2.24, 2.45) is 0 Å². The normalized spacial score (nSPS) is 15.0. The highest BCUT2D eigenvalue weighted by Crippen LogP contribution is 2.29. The summed E-state index contributed by atoms with van der Waals surface area (Å²) in [5.74, 6) is -1.84. The molecule has 2 heterocycles. The molecule has 0 bridgehead atoms. The first-order chi connectivity index (χ1) is 13.8. The third-order valence-corrected chi connectivity index (χ3v) is 4.53. The molecule has 0 fully saturated rings. The maximum absolute atomic E-state index is 12.4. The third kappa shape index (κ3) is 4.13. The number of H-pyrrole nitrogens is 1. The van der Waals surface area contributed by atoms with E-state index in [1.165, 1.54) is 7.11 Å². The number of benzene rings is 1. The van der Waals surface area contributed by atoms with E-state index in [0.717, 1.165) is 0 Å². The Morgan fingerprint density at radius 3 is 2.62 bits per heavy atom. The highest BCUT2D eigenvalue weighted by molar-refractivity contribution is 6.03. The first-order valence-electron chi connectivity index (χ1n) is 8.84. The monoisotopic (exact) mass is 400 g/mol. The lowest BCUT2D eigenvalue weighted by Gasteiger charge is -2.25. The fourth-order valence-corrected chi connectivity index (χ4v) is 3.09. The average molecular weight is 400 g/mol. The van der Waals surface area contributed by atoms with Crippen molar-refractivity contribution in [3.63, 3.8) is 0 Å². The van der Waals surface area contributed by atoms with E-state index in [2.05, 4.69) is 10.3 Å². The molecule has 1 aromatic heterocycles. The van der Waals surface area contributed by atoms with Crippen LogP contribution in [0.15, 0.2) is 24.3 Å². The number of hydrogen-bond acceptors (Lipinski definition) is 7. The number of carbonyl (C=O) groups excluding carboxylic acids is 4. The Labute approximate surface area is 166 Å². The quantitative estimate of drug-likeness (QED) is 0.561. The molecule has 2 aromatic rings. The Morgan fingerprint density at radius 2 is 1.90 bits per heavy atom. The number of carbonyl (C=O) groups is 4. The van der Waals surface area contributed by atoms with Crippen LogP contribution in [0.25, 0.3) is 0 Å². The molecule has 9 nitrogen and oxygen atoms in total. The maximum atomic E-state index is 12.4. The van der Waals surface area contributed by atoms with Crippen LogP contribution in [-0.2, 0) is 19.1 Å². The van der Waals surface area contributed by atoms with Gasteiger partial charge in [-0.15, -0.1) is 0 Å². The predicted molar refractivity (Wildman–Crippen MR) is 101 cm³/mol. The molecule has 1 amide bonds. The number of esters is 2. The SMILES string of the molecule is COC(=O)c1c(C)[nH]c(C(=O)COC(=O)C[C@@H]2Oc3ccccc3NC2=O)c1C. The molecule has 0 saturated heterocycles. The van der Waals surface area contributed by atoms with E-state index >= 15 is 0 Å². The van der Waals surface area contributed by atoms with Crippen molar-refractivity contribution in [3.8, 4) is 5.75 Å². The molecule has 1 aromatic carbocycles. The first kappa shape index (κ1) is 20.1. The molecule has 1 aliphatic rings. The van der Waals surface area contributed by atoms with Crippen LogP contribution in [0.4, 0.5) is 5.69 Å². The fraction of sp³-hybridized carbons (Fsp3) is 0.300. The zero-order valence-corrected chi connectivity index (χ0v) is 16.2. The van der Waals surface area contributed by atoms with E-state index in [1.807, 2.05) is 0 Å². The maximum Gasteiger partial charge on any atom is 0.339 e. The van der Waals surface area contributed by atoms with Crippen molar-refractivity contribution in [2.45, 2.75) is 26.4 Å². The van der Waals surface area contributed by atoms with Gasteiger partial charge in [0.05, 0.1) is 30.5 Å². The summed E-state index contributed by atoms with van der Waals surface area (Å²) in [5.41, 5.74) is 1.86. The largest absolute Gasteiger partial charge is 0.478 e. The number of aryl methyl sites for hydroxylation is 1. The lowest BCUT2D eigenvalue weighted by molar-refractivity contribution is -0.146. The molecule has 0 radical (unpaired) electrons. The van der Waals surface area contributed by atoms with Crippen molar-refractivity contribution in [1.82, 2.24) is 4.98 Å². The van der Waals surface area contributed by atoms with Crippen LogP contribution in [0.1, 0.15) is 38.5 Å². The van der Waals surface area contributed by atoms with E-state index in [1.54, 1.807) is 38.1 Å². The minimum atomic E-state index is -1.05. The highest BCUT2D eigenvalue weighted by atomic mass is 16.5. The summed E-state index contributed by atoms with van der Waals surface area (Å²) in [6.07, 6.45) is -1.39. The number of fused-ring (bicyclic) bond motifs is 1. The number of para-hydroxylation sites is 2. The third-order valence-electron chi connectivity index (χ3n) is 4.53. The summed E-state index contributed by atoms with van der Waals surface area (Å²) in [6.45, 7) is 2.70. The van der Waals surface area contributed by atoms with E-state index < -0.39 is 36.3 Å². The van der Waals surface area contributed by atoms with Gasteiger partial charge in [-0.2, -0.15) is 0 Å². The van der Waals surface area contributed by atoms with E-state index in [4.69, 9.17) is 14.2 Å². The average Bonchev–Trinajstić information content (AvgIpc) is 3.00. The standard InChI is InChI=1S/C20H20N2O7/c1-10-17(20(26)27-3)11(2)21-18(10)13(23)9-28-16(24)8-15-19(25)22-12-6-4-5-7-14(12)29-15/h4-7,15,21H,8-9H2,1-3H3,(H,22,25)/t15-/m0/s1. The van der Waals surface area contributed by atoms with Gasteiger partial charge in [0, 0.05) is 5.69 Å².